The van der Waals surface area contributed by atoms with E-state index < -0.39 is 15.9 Å². The molecular formula is C25H28N2O4S. The number of hydrogen-bond acceptors (Lipinski definition) is 5. The summed E-state index contributed by atoms with van der Waals surface area (Å²) in [7, 11) is -4.04. The van der Waals surface area contributed by atoms with Gasteiger partial charge in [0.05, 0.1) is 4.90 Å². The van der Waals surface area contributed by atoms with Crippen LogP contribution in [0, 0.1) is 20.8 Å². The van der Waals surface area contributed by atoms with Gasteiger partial charge < -0.3 is 4.74 Å². The smallest absolute Gasteiger partial charge is 0.270 e. The van der Waals surface area contributed by atoms with E-state index in [2.05, 4.69) is 9.71 Å². The highest BCUT2D eigenvalue weighted by molar-refractivity contribution is 7.90. The van der Waals surface area contributed by atoms with Gasteiger partial charge in [0, 0.05) is 11.1 Å². The molecule has 6 nitrogen and oxygen atoms in total. The van der Waals surface area contributed by atoms with Gasteiger partial charge in [-0.25, -0.2) is 18.1 Å². The number of nitrogens with zero attached hydrogens (tertiary/aromatic N) is 1. The Morgan fingerprint density at radius 1 is 0.938 bits per heavy atom. The maximum Gasteiger partial charge on any atom is 0.270 e. The maximum atomic E-state index is 13.0. The average Bonchev–Trinajstić information content (AvgIpc) is 2.70. The van der Waals surface area contributed by atoms with Gasteiger partial charge >= 0.3 is 0 Å². The molecule has 32 heavy (non-hydrogen) atoms. The summed E-state index contributed by atoms with van der Waals surface area (Å²) in [6, 6.07) is 15.0. The molecule has 168 valence electrons. The quantitative estimate of drug-likeness (QED) is 0.574. The number of carbonyl (C=O) groups excluding carboxylic acids is 1. The first kappa shape index (κ1) is 23.5. The molecule has 0 atom stereocenters. The molecule has 0 saturated carbocycles. The minimum Gasteiger partial charge on any atom is -0.438 e. The Kier molecular flexibility index (Phi) is 6.41. The Hall–Kier alpha value is -3.19. The SMILES string of the molecule is Cc1cc(C)c(Oc2nc(C(C)(C)C)ccc2C(=O)NS(=O)(=O)c2ccccc2)c(C)c1. The molecule has 3 rings (SSSR count). The van der Waals surface area contributed by atoms with E-state index in [1.807, 2.05) is 53.7 Å². The van der Waals surface area contributed by atoms with Crippen molar-refractivity contribution in [2.24, 2.45) is 0 Å². The zero-order valence-corrected chi connectivity index (χ0v) is 20.0. The van der Waals surface area contributed by atoms with Crippen LogP contribution in [0.3, 0.4) is 0 Å². The number of amides is 1. The first-order chi connectivity index (χ1) is 14.9. The Morgan fingerprint density at radius 3 is 2.09 bits per heavy atom. The molecule has 0 saturated heterocycles. The van der Waals surface area contributed by atoms with E-state index in [4.69, 9.17) is 4.74 Å². The molecular weight excluding hydrogens is 424 g/mol. The second-order valence-electron chi connectivity index (χ2n) is 8.88. The summed E-state index contributed by atoms with van der Waals surface area (Å²) in [6.07, 6.45) is 0. The van der Waals surface area contributed by atoms with Crippen molar-refractivity contribution in [3.05, 3.63) is 82.5 Å². The van der Waals surface area contributed by atoms with Crippen molar-refractivity contribution < 1.29 is 17.9 Å². The van der Waals surface area contributed by atoms with E-state index in [0.717, 1.165) is 22.4 Å². The van der Waals surface area contributed by atoms with Gasteiger partial charge in [0.2, 0.25) is 5.88 Å². The molecule has 3 aromatic rings. The number of nitrogens with one attached hydrogen (secondary N) is 1. The third-order valence-electron chi connectivity index (χ3n) is 4.96. The van der Waals surface area contributed by atoms with Gasteiger partial charge in [-0.1, -0.05) is 56.7 Å². The lowest BCUT2D eigenvalue weighted by Gasteiger charge is -2.21. The zero-order chi connectivity index (χ0) is 23.7. The molecule has 0 unspecified atom stereocenters. The van der Waals surface area contributed by atoms with Crippen LogP contribution in [0.5, 0.6) is 11.6 Å². The van der Waals surface area contributed by atoms with Crippen LogP contribution in [0.15, 0.2) is 59.5 Å². The molecule has 1 N–H and O–H groups in total. The summed E-state index contributed by atoms with van der Waals surface area (Å²) < 4.78 is 33.6. The minimum absolute atomic E-state index is 0.000290. The molecule has 0 bridgehead atoms. The number of benzene rings is 2. The number of rotatable bonds is 5. The average molecular weight is 453 g/mol. The molecule has 0 fully saturated rings. The molecule has 0 radical (unpaired) electrons. The number of sulfonamides is 1. The Labute approximate surface area is 189 Å². The number of carbonyl (C=O) groups is 1. The zero-order valence-electron chi connectivity index (χ0n) is 19.2. The first-order valence-corrected chi connectivity index (χ1v) is 11.8. The lowest BCUT2D eigenvalue weighted by atomic mass is 9.91. The number of hydrogen-bond donors (Lipinski definition) is 1. The van der Waals surface area contributed by atoms with Crippen molar-refractivity contribution in [2.45, 2.75) is 51.9 Å². The van der Waals surface area contributed by atoms with E-state index in [0.29, 0.717) is 5.75 Å². The van der Waals surface area contributed by atoms with E-state index in [9.17, 15) is 13.2 Å². The third-order valence-corrected chi connectivity index (χ3v) is 6.30. The third kappa shape index (κ3) is 5.16. The van der Waals surface area contributed by atoms with Gasteiger partial charge in [-0.05, 0) is 56.2 Å². The Balaban J connectivity index is 2.05. The molecule has 1 heterocycles. The fourth-order valence-electron chi connectivity index (χ4n) is 3.37. The summed E-state index contributed by atoms with van der Waals surface area (Å²) in [5.74, 6) is -0.151. The fraction of sp³-hybridized carbons (Fsp3) is 0.280. The van der Waals surface area contributed by atoms with Crippen molar-refractivity contribution >= 4 is 15.9 Å². The fourth-order valence-corrected chi connectivity index (χ4v) is 4.36. The summed E-state index contributed by atoms with van der Waals surface area (Å²) in [5.41, 5.74) is 3.35. The number of aryl methyl sites for hydroxylation is 3. The van der Waals surface area contributed by atoms with Crippen molar-refractivity contribution in [1.29, 1.82) is 0 Å². The Morgan fingerprint density at radius 2 is 1.53 bits per heavy atom. The molecule has 0 aliphatic carbocycles. The molecule has 2 aromatic carbocycles. The summed E-state index contributed by atoms with van der Waals surface area (Å²) in [5, 5.41) is 0. The van der Waals surface area contributed by atoms with Crippen LogP contribution in [-0.4, -0.2) is 19.3 Å². The topological polar surface area (TPSA) is 85.4 Å². The maximum absolute atomic E-state index is 13.0. The second-order valence-corrected chi connectivity index (χ2v) is 10.6. The van der Waals surface area contributed by atoms with Crippen molar-refractivity contribution in [3.63, 3.8) is 0 Å². The van der Waals surface area contributed by atoms with E-state index >= 15 is 0 Å². The van der Waals surface area contributed by atoms with Crippen LogP contribution in [0.4, 0.5) is 0 Å². The van der Waals surface area contributed by atoms with Crippen molar-refractivity contribution in [2.75, 3.05) is 0 Å². The number of aromatic nitrogens is 1. The van der Waals surface area contributed by atoms with Crippen molar-refractivity contribution in [1.82, 2.24) is 9.71 Å². The van der Waals surface area contributed by atoms with E-state index in [-0.39, 0.29) is 21.8 Å². The van der Waals surface area contributed by atoms with Crippen LogP contribution >= 0.6 is 0 Å². The molecule has 0 spiro atoms. The highest BCUT2D eigenvalue weighted by Gasteiger charge is 2.25. The van der Waals surface area contributed by atoms with E-state index in [1.165, 1.54) is 12.1 Å². The molecule has 0 aliphatic rings. The first-order valence-electron chi connectivity index (χ1n) is 10.3. The van der Waals surface area contributed by atoms with Crippen LogP contribution in [-0.2, 0) is 15.4 Å². The lowest BCUT2D eigenvalue weighted by Crippen LogP contribution is -2.31. The summed E-state index contributed by atoms with van der Waals surface area (Å²) in [4.78, 5) is 17.6. The van der Waals surface area contributed by atoms with Gasteiger partial charge in [0.1, 0.15) is 11.3 Å². The van der Waals surface area contributed by atoms with Gasteiger partial charge in [0.15, 0.2) is 0 Å². The van der Waals surface area contributed by atoms with Gasteiger partial charge in [-0.3, -0.25) is 4.79 Å². The lowest BCUT2D eigenvalue weighted by molar-refractivity contribution is 0.0978. The monoisotopic (exact) mass is 452 g/mol. The van der Waals surface area contributed by atoms with Gasteiger partial charge in [-0.2, -0.15) is 0 Å². The summed E-state index contributed by atoms with van der Waals surface area (Å²) in [6.45, 7) is 11.8. The van der Waals surface area contributed by atoms with Gasteiger partial charge in [-0.15, -0.1) is 0 Å². The molecule has 1 amide bonds. The van der Waals surface area contributed by atoms with Crippen LogP contribution < -0.4 is 9.46 Å². The highest BCUT2D eigenvalue weighted by Crippen LogP contribution is 2.33. The second kappa shape index (κ2) is 8.74. The predicted molar refractivity (Wildman–Crippen MR) is 125 cm³/mol. The highest BCUT2D eigenvalue weighted by atomic mass is 32.2. The predicted octanol–water partition coefficient (Wildman–Crippen LogP) is 5.22. The largest absolute Gasteiger partial charge is 0.438 e. The Bertz CT molecular complexity index is 1240. The minimum atomic E-state index is -4.04. The standard InChI is InChI=1S/C25H28N2O4S/c1-16-14-17(2)22(18(3)15-16)31-24-20(12-13-21(26-24)25(4,5)6)23(28)27-32(29,30)19-10-8-7-9-11-19/h7-15H,1-6H3,(H,27,28). The number of pyridine rings is 1. The normalized spacial score (nSPS) is 11.8. The molecule has 0 aliphatic heterocycles. The number of ether oxygens (including phenoxy) is 1. The summed E-state index contributed by atoms with van der Waals surface area (Å²) >= 11 is 0. The van der Waals surface area contributed by atoms with Crippen LogP contribution in [0.25, 0.3) is 0 Å². The molecule has 7 heteroatoms. The van der Waals surface area contributed by atoms with Crippen LogP contribution in [0.1, 0.15) is 53.5 Å². The van der Waals surface area contributed by atoms with Crippen LogP contribution in [0.2, 0.25) is 0 Å². The van der Waals surface area contributed by atoms with Gasteiger partial charge in [0.25, 0.3) is 15.9 Å². The van der Waals surface area contributed by atoms with E-state index in [1.54, 1.807) is 30.3 Å². The molecule has 1 aromatic heterocycles. The van der Waals surface area contributed by atoms with Crippen molar-refractivity contribution in [3.8, 4) is 11.6 Å².